The maximum absolute atomic E-state index is 13.6. The van der Waals surface area contributed by atoms with E-state index in [0.717, 1.165) is 31.7 Å². The molecule has 0 radical (unpaired) electrons. The lowest BCUT2D eigenvalue weighted by atomic mass is 9.70. The van der Waals surface area contributed by atoms with Gasteiger partial charge >= 0.3 is 12.2 Å². The quantitative estimate of drug-likeness (QED) is 0.697. The van der Waals surface area contributed by atoms with Crippen LogP contribution in [0.2, 0.25) is 0 Å². The second-order valence-corrected chi connectivity index (χ2v) is 10.3. The van der Waals surface area contributed by atoms with E-state index in [9.17, 15) is 22.8 Å². The third-order valence-corrected chi connectivity index (χ3v) is 7.91. The van der Waals surface area contributed by atoms with Gasteiger partial charge in [-0.2, -0.15) is 18.4 Å². The highest BCUT2D eigenvalue weighted by atomic mass is 19.4. The summed E-state index contributed by atoms with van der Waals surface area (Å²) in [5, 5.41) is 12.2. The van der Waals surface area contributed by atoms with Gasteiger partial charge in [0, 0.05) is 57.4 Å². The molecule has 2 aliphatic heterocycles. The number of carbonyl (C=O) groups excluding carboxylic acids is 2. The minimum Gasteiger partial charge on any atom is -0.370 e. The number of alkyl halides is 3. The number of amides is 3. The highest BCUT2D eigenvalue weighted by Crippen LogP contribution is 2.47. The first-order valence-corrected chi connectivity index (χ1v) is 12.2. The van der Waals surface area contributed by atoms with Crippen LogP contribution in [0.5, 0.6) is 0 Å². The van der Waals surface area contributed by atoms with Crippen LogP contribution in [-0.4, -0.2) is 68.1 Å². The van der Waals surface area contributed by atoms with E-state index in [1.54, 1.807) is 25.1 Å². The van der Waals surface area contributed by atoms with Gasteiger partial charge < -0.3 is 20.0 Å². The van der Waals surface area contributed by atoms with Crippen LogP contribution in [0.25, 0.3) is 0 Å². The van der Waals surface area contributed by atoms with Gasteiger partial charge in [-0.1, -0.05) is 12.8 Å². The number of nitrogens with zero attached hydrogens (tertiary/aromatic N) is 4. The van der Waals surface area contributed by atoms with Crippen LogP contribution in [0, 0.1) is 22.7 Å². The van der Waals surface area contributed by atoms with E-state index in [2.05, 4.69) is 5.32 Å². The molecular weight excluding hydrogens is 459 g/mol. The zero-order valence-corrected chi connectivity index (χ0v) is 20.2. The Morgan fingerprint density at radius 1 is 1.17 bits per heavy atom. The minimum atomic E-state index is -4.64. The van der Waals surface area contributed by atoms with Gasteiger partial charge in [0.05, 0.1) is 23.1 Å². The molecule has 7 nitrogen and oxygen atoms in total. The largest absolute Gasteiger partial charge is 0.417 e. The van der Waals surface area contributed by atoms with Crippen LogP contribution in [0.1, 0.15) is 49.7 Å². The Morgan fingerprint density at radius 2 is 1.83 bits per heavy atom. The second kappa shape index (κ2) is 9.59. The Hall–Kier alpha value is -2.96. The summed E-state index contributed by atoms with van der Waals surface area (Å²) in [6, 6.07) is 5.50. The fraction of sp³-hybridized carbons (Fsp3) is 0.640. The normalized spacial score (nSPS) is 22.3. The van der Waals surface area contributed by atoms with Gasteiger partial charge in [-0.15, -0.1) is 0 Å². The summed E-state index contributed by atoms with van der Waals surface area (Å²) >= 11 is 0. The standard InChI is InChI=1S/C25H32F3N5O2/c1-31(2)22(34)21-15-33(19-8-7-17(14-29)20(13-19)25(26,27)28)16-24(21)9-11-32(12-10-24)23(35)30-18-5-3-4-6-18/h7-8,13,18,21H,3-6,9-12,15-16H2,1-2H3,(H,30,35). The molecule has 1 aromatic carbocycles. The van der Waals surface area contributed by atoms with E-state index in [0.29, 0.717) is 44.7 Å². The average Bonchev–Trinajstić information content (AvgIpc) is 3.46. The number of anilines is 1. The van der Waals surface area contributed by atoms with E-state index >= 15 is 0 Å². The lowest BCUT2D eigenvalue weighted by molar-refractivity contribution is -0.138. The van der Waals surface area contributed by atoms with Crippen LogP contribution in [0.4, 0.5) is 23.7 Å². The molecule has 190 valence electrons. The van der Waals surface area contributed by atoms with E-state index in [1.165, 1.54) is 17.0 Å². The number of hydrogen-bond donors (Lipinski definition) is 1. The zero-order chi connectivity index (χ0) is 25.4. The molecule has 2 heterocycles. The molecule has 4 rings (SSSR count). The highest BCUT2D eigenvalue weighted by molar-refractivity contribution is 5.81. The highest BCUT2D eigenvalue weighted by Gasteiger charge is 2.52. The monoisotopic (exact) mass is 491 g/mol. The van der Waals surface area contributed by atoms with Crippen LogP contribution >= 0.6 is 0 Å². The van der Waals surface area contributed by atoms with Gasteiger partial charge in [0.2, 0.25) is 5.91 Å². The number of likely N-dealkylation sites (tertiary alicyclic amines) is 1. The number of benzene rings is 1. The predicted molar refractivity (Wildman–Crippen MR) is 125 cm³/mol. The van der Waals surface area contributed by atoms with Gasteiger partial charge in [-0.25, -0.2) is 4.79 Å². The minimum absolute atomic E-state index is 0.0546. The van der Waals surface area contributed by atoms with Crippen molar-refractivity contribution in [2.75, 3.05) is 45.2 Å². The molecule has 1 atom stereocenters. The zero-order valence-electron chi connectivity index (χ0n) is 20.2. The molecule has 0 bridgehead atoms. The van der Waals surface area contributed by atoms with E-state index in [4.69, 9.17) is 5.26 Å². The number of piperidine rings is 1. The molecule has 0 aromatic heterocycles. The summed E-state index contributed by atoms with van der Waals surface area (Å²) in [7, 11) is 3.37. The number of urea groups is 1. The maximum atomic E-state index is 13.6. The second-order valence-electron chi connectivity index (χ2n) is 10.3. The summed E-state index contributed by atoms with van der Waals surface area (Å²) in [4.78, 5) is 31.1. The molecule has 1 aliphatic carbocycles. The van der Waals surface area contributed by atoms with Crippen molar-refractivity contribution in [1.29, 1.82) is 5.26 Å². The Morgan fingerprint density at radius 3 is 2.40 bits per heavy atom. The van der Waals surface area contributed by atoms with Crippen molar-refractivity contribution in [2.24, 2.45) is 11.3 Å². The van der Waals surface area contributed by atoms with E-state index < -0.39 is 22.7 Å². The van der Waals surface area contributed by atoms with Gasteiger partial charge in [-0.05, 0) is 43.9 Å². The SMILES string of the molecule is CN(C)C(=O)C1CN(c2ccc(C#N)c(C(F)(F)F)c2)CC12CCN(C(=O)NC1CCCC1)CC2. The van der Waals surface area contributed by atoms with Gasteiger partial charge in [-0.3, -0.25) is 4.79 Å². The molecule has 1 aromatic rings. The number of hydrogen-bond acceptors (Lipinski definition) is 4. The van der Waals surface area contributed by atoms with Crippen molar-refractivity contribution >= 4 is 17.6 Å². The number of nitrogens with one attached hydrogen (secondary N) is 1. The fourth-order valence-corrected chi connectivity index (χ4v) is 5.88. The van der Waals surface area contributed by atoms with Gasteiger partial charge in [0.1, 0.15) is 0 Å². The summed E-state index contributed by atoms with van der Waals surface area (Å²) < 4.78 is 40.7. The summed E-state index contributed by atoms with van der Waals surface area (Å²) in [5.74, 6) is -0.441. The van der Waals surface area contributed by atoms with E-state index in [-0.39, 0.29) is 23.9 Å². The Kier molecular flexibility index (Phi) is 6.89. The number of halogens is 3. The molecule has 3 fully saturated rings. The lowest BCUT2D eigenvalue weighted by Crippen LogP contribution is -2.52. The molecule has 35 heavy (non-hydrogen) atoms. The van der Waals surface area contributed by atoms with Crippen molar-refractivity contribution in [3.8, 4) is 6.07 Å². The molecule has 3 amide bonds. The maximum Gasteiger partial charge on any atom is 0.417 e. The molecule has 1 unspecified atom stereocenters. The summed E-state index contributed by atoms with van der Waals surface area (Å²) in [6.07, 6.45) is 0.829. The van der Waals surface area contributed by atoms with Crippen LogP contribution in [0.3, 0.4) is 0 Å². The molecule has 1 N–H and O–H groups in total. The first-order chi connectivity index (χ1) is 16.5. The van der Waals surface area contributed by atoms with Gasteiger partial charge in [0.25, 0.3) is 0 Å². The first-order valence-electron chi connectivity index (χ1n) is 12.2. The molecular formula is C25H32F3N5O2. The van der Waals surface area contributed by atoms with Crippen molar-refractivity contribution in [1.82, 2.24) is 15.1 Å². The van der Waals surface area contributed by atoms with E-state index in [1.807, 2.05) is 4.90 Å². The lowest BCUT2D eigenvalue weighted by Gasteiger charge is -2.42. The average molecular weight is 492 g/mol. The van der Waals surface area contributed by atoms with Crippen molar-refractivity contribution < 1.29 is 22.8 Å². The van der Waals surface area contributed by atoms with Crippen LogP contribution in [-0.2, 0) is 11.0 Å². The smallest absolute Gasteiger partial charge is 0.370 e. The number of nitriles is 1. The molecule has 2 saturated heterocycles. The third kappa shape index (κ3) is 5.04. The predicted octanol–water partition coefficient (Wildman–Crippen LogP) is 3.84. The number of rotatable bonds is 3. The van der Waals surface area contributed by atoms with Gasteiger partial charge in [0.15, 0.2) is 0 Å². The Balaban J connectivity index is 1.54. The Bertz CT molecular complexity index is 1010. The fourth-order valence-electron chi connectivity index (χ4n) is 5.88. The third-order valence-electron chi connectivity index (χ3n) is 7.91. The molecule has 10 heteroatoms. The molecule has 1 saturated carbocycles. The van der Waals surface area contributed by atoms with Crippen LogP contribution < -0.4 is 10.2 Å². The first kappa shape index (κ1) is 25.1. The van der Waals surface area contributed by atoms with Crippen LogP contribution in [0.15, 0.2) is 18.2 Å². The van der Waals surface area contributed by atoms with Crippen molar-refractivity contribution in [2.45, 2.75) is 50.7 Å². The summed E-state index contributed by atoms with van der Waals surface area (Å²) in [5.41, 5.74) is -1.46. The summed E-state index contributed by atoms with van der Waals surface area (Å²) in [6.45, 7) is 1.74. The Labute approximate surface area is 203 Å². The van der Waals surface area contributed by atoms with Crippen molar-refractivity contribution in [3.05, 3.63) is 29.3 Å². The molecule has 1 spiro atoms. The number of carbonyl (C=O) groups is 2. The van der Waals surface area contributed by atoms with Crippen molar-refractivity contribution in [3.63, 3.8) is 0 Å². The topological polar surface area (TPSA) is 79.7 Å². The molecule has 3 aliphatic rings.